The predicted molar refractivity (Wildman–Crippen MR) is 175 cm³/mol. The molecule has 0 radical (unpaired) electrons. The zero-order valence-electron chi connectivity index (χ0n) is 26.9. The summed E-state index contributed by atoms with van der Waals surface area (Å²) >= 11 is 1.28. The van der Waals surface area contributed by atoms with E-state index in [0.29, 0.717) is 22.3 Å². The third kappa shape index (κ3) is 7.78. The first-order valence-electron chi connectivity index (χ1n) is 16.0. The highest BCUT2D eigenvalue weighted by Crippen LogP contribution is 2.38. The number of carboxylic acids is 2. The molecule has 2 aromatic carbocycles. The van der Waals surface area contributed by atoms with Gasteiger partial charge in [0.1, 0.15) is 5.82 Å². The average molecular weight is 729 g/mol. The molecule has 1 saturated heterocycles. The van der Waals surface area contributed by atoms with Crippen LogP contribution in [0.3, 0.4) is 0 Å². The number of piperidine rings is 1. The number of thiazole rings is 1. The number of fused-ring (bicyclic) bond motifs is 2. The molecule has 12 nitrogen and oxygen atoms in total. The Hall–Kier alpha value is -5.16. The fourth-order valence-corrected chi connectivity index (χ4v) is 7.26. The van der Waals surface area contributed by atoms with Crippen LogP contribution in [0.5, 0.6) is 0 Å². The van der Waals surface area contributed by atoms with Crippen LogP contribution in [0, 0.1) is 5.82 Å². The molecule has 4 aromatic rings. The summed E-state index contributed by atoms with van der Waals surface area (Å²) < 4.78 is 49.4. The van der Waals surface area contributed by atoms with Crippen molar-refractivity contribution in [3.05, 3.63) is 88.2 Å². The molecule has 3 aliphatic heterocycles. The van der Waals surface area contributed by atoms with Gasteiger partial charge in [-0.15, -0.1) is 11.3 Å². The van der Waals surface area contributed by atoms with Crippen molar-refractivity contribution in [2.24, 2.45) is 0 Å². The van der Waals surface area contributed by atoms with E-state index in [1.165, 1.54) is 22.3 Å². The van der Waals surface area contributed by atoms with Gasteiger partial charge in [-0.2, -0.15) is 13.2 Å². The van der Waals surface area contributed by atoms with E-state index >= 15 is 4.39 Å². The second-order valence-electron chi connectivity index (χ2n) is 12.4. The van der Waals surface area contributed by atoms with Gasteiger partial charge < -0.3 is 19.7 Å². The minimum atomic E-state index is -5.08. The summed E-state index contributed by atoms with van der Waals surface area (Å²) in [5, 5.41) is 21.2. The van der Waals surface area contributed by atoms with E-state index in [1.807, 2.05) is 33.7 Å². The largest absolute Gasteiger partial charge is 0.490 e. The van der Waals surface area contributed by atoms with Crippen molar-refractivity contribution >= 4 is 40.2 Å². The standard InChI is InChI=1S/C32H31FN6O4S.C2HF3O2/c33-25-15-22(20-5-3-19(4-6-20)21-7-11-37(12-8-21)17-27(40)41)14-23-24(25)16-39(31(23)43)29(30(42)36-32-34-9-13-44-32)28-26-2-1-10-38(26)18-35-28;3-2(4,5)1(6)7/h3-6,9,13-15,18,21,29H,1-2,7-8,10-12,16-17H2,(H,40,41)(H,34,36,42);(H,6,7)/t29-;/m1./s1. The van der Waals surface area contributed by atoms with Crippen LogP contribution in [-0.2, 0) is 33.9 Å². The molecule has 1 fully saturated rings. The molecular weight excluding hydrogens is 696 g/mol. The van der Waals surface area contributed by atoms with E-state index in [2.05, 4.69) is 15.3 Å². The Labute approximate surface area is 292 Å². The monoisotopic (exact) mass is 728 g/mol. The molecule has 5 heterocycles. The van der Waals surface area contributed by atoms with Crippen molar-refractivity contribution in [2.75, 3.05) is 25.0 Å². The smallest absolute Gasteiger partial charge is 0.480 e. The van der Waals surface area contributed by atoms with E-state index in [-0.39, 0.29) is 24.2 Å². The van der Waals surface area contributed by atoms with E-state index in [9.17, 15) is 27.6 Å². The van der Waals surface area contributed by atoms with Gasteiger partial charge in [0, 0.05) is 34.9 Å². The van der Waals surface area contributed by atoms with Crippen molar-refractivity contribution < 1.29 is 47.0 Å². The SMILES string of the molecule is O=C(O)C(F)(F)F.O=C(O)CN1CCC(c2ccc(-c3cc(F)c4c(c3)C(=O)N([C@@H](C(=O)Nc3nccs3)c3ncn5c3CCC5)C4)cc2)CC1. The number of amides is 2. The maximum atomic E-state index is 15.7. The Bertz CT molecular complexity index is 1940. The number of aromatic nitrogens is 3. The lowest BCUT2D eigenvalue weighted by molar-refractivity contribution is -0.192. The average Bonchev–Trinajstić information content (AvgIpc) is 3.89. The van der Waals surface area contributed by atoms with Crippen LogP contribution in [-0.4, -0.2) is 84.1 Å². The van der Waals surface area contributed by atoms with Gasteiger partial charge in [0.15, 0.2) is 11.2 Å². The maximum Gasteiger partial charge on any atom is 0.490 e. The summed E-state index contributed by atoms with van der Waals surface area (Å²) in [4.78, 5) is 59.6. The van der Waals surface area contributed by atoms with Gasteiger partial charge in [0.05, 0.1) is 25.1 Å². The highest BCUT2D eigenvalue weighted by molar-refractivity contribution is 7.13. The Morgan fingerprint density at radius 3 is 2.35 bits per heavy atom. The molecule has 0 spiro atoms. The Balaban J connectivity index is 0.000000582. The first-order valence-corrected chi connectivity index (χ1v) is 16.9. The first-order chi connectivity index (χ1) is 24.3. The molecule has 0 saturated carbocycles. The fourth-order valence-electron chi connectivity index (χ4n) is 6.73. The summed E-state index contributed by atoms with van der Waals surface area (Å²) in [6.07, 6.45) is 1.65. The second kappa shape index (κ2) is 14.6. The number of imidazole rings is 1. The molecule has 268 valence electrons. The normalized spacial score (nSPS) is 16.6. The lowest BCUT2D eigenvalue weighted by Gasteiger charge is -2.31. The number of aryl methyl sites for hydroxylation is 1. The van der Waals surface area contributed by atoms with Crippen molar-refractivity contribution in [3.8, 4) is 11.1 Å². The number of carboxylic acid groups (broad SMARTS) is 2. The maximum absolute atomic E-state index is 15.7. The van der Waals surface area contributed by atoms with E-state index in [0.717, 1.165) is 62.1 Å². The zero-order valence-corrected chi connectivity index (χ0v) is 27.7. The predicted octanol–water partition coefficient (Wildman–Crippen LogP) is 5.33. The molecule has 3 aliphatic rings. The second-order valence-corrected chi connectivity index (χ2v) is 13.3. The number of anilines is 1. The van der Waals surface area contributed by atoms with Crippen molar-refractivity contribution in [3.63, 3.8) is 0 Å². The van der Waals surface area contributed by atoms with Crippen LogP contribution in [0.25, 0.3) is 11.1 Å². The van der Waals surface area contributed by atoms with Gasteiger partial charge in [-0.25, -0.2) is 19.2 Å². The molecule has 0 unspecified atom stereocenters. The minimum absolute atomic E-state index is 0.0396. The molecule has 7 rings (SSSR count). The van der Waals surface area contributed by atoms with Crippen LogP contribution in [0.15, 0.2) is 54.3 Å². The number of hydrogen-bond acceptors (Lipinski definition) is 8. The van der Waals surface area contributed by atoms with Crippen molar-refractivity contribution in [1.82, 2.24) is 24.3 Å². The molecule has 1 atom stereocenters. The number of hydrogen-bond donors (Lipinski definition) is 3. The molecule has 2 aromatic heterocycles. The molecular formula is C34H32F4N6O6S. The lowest BCUT2D eigenvalue weighted by atomic mass is 9.88. The van der Waals surface area contributed by atoms with Gasteiger partial charge in [0.25, 0.3) is 11.8 Å². The number of halogens is 4. The van der Waals surface area contributed by atoms with Gasteiger partial charge >= 0.3 is 18.1 Å². The topological polar surface area (TPSA) is 158 Å². The highest BCUT2D eigenvalue weighted by Gasteiger charge is 2.42. The fraction of sp³-hybridized carbons (Fsp3) is 0.353. The van der Waals surface area contributed by atoms with Crippen LogP contribution >= 0.6 is 11.3 Å². The Morgan fingerprint density at radius 2 is 1.73 bits per heavy atom. The summed E-state index contributed by atoms with van der Waals surface area (Å²) in [7, 11) is 0. The number of nitrogens with zero attached hydrogens (tertiary/aromatic N) is 5. The van der Waals surface area contributed by atoms with E-state index < -0.39 is 41.8 Å². The number of likely N-dealkylation sites (tertiary alicyclic amines) is 1. The quantitative estimate of drug-likeness (QED) is 0.204. The first kappa shape index (κ1) is 35.7. The number of rotatable bonds is 8. The minimum Gasteiger partial charge on any atom is -0.480 e. The molecule has 51 heavy (non-hydrogen) atoms. The molecule has 0 aliphatic carbocycles. The van der Waals surface area contributed by atoms with Crippen molar-refractivity contribution in [1.29, 1.82) is 0 Å². The van der Waals surface area contributed by atoms with E-state index in [4.69, 9.17) is 15.0 Å². The van der Waals surface area contributed by atoms with Crippen LogP contribution in [0.2, 0.25) is 0 Å². The summed E-state index contributed by atoms with van der Waals surface area (Å²) in [6, 6.07) is 10.1. The molecule has 3 N–H and O–H groups in total. The number of benzene rings is 2. The molecule has 0 bridgehead atoms. The lowest BCUT2D eigenvalue weighted by Crippen LogP contribution is -2.38. The van der Waals surface area contributed by atoms with E-state index in [1.54, 1.807) is 24.0 Å². The van der Waals surface area contributed by atoms with Gasteiger partial charge in [-0.3, -0.25) is 24.6 Å². The number of carbonyl (C=O) groups excluding carboxylic acids is 2. The highest BCUT2D eigenvalue weighted by atomic mass is 32.1. The van der Waals surface area contributed by atoms with Gasteiger partial charge in [-0.1, -0.05) is 24.3 Å². The molecule has 2 amide bonds. The Morgan fingerprint density at radius 1 is 1.02 bits per heavy atom. The number of aliphatic carboxylic acids is 2. The van der Waals surface area contributed by atoms with Gasteiger partial charge in [0.2, 0.25) is 0 Å². The third-order valence-corrected chi connectivity index (χ3v) is 9.88. The molecule has 17 heteroatoms. The summed E-state index contributed by atoms with van der Waals surface area (Å²) in [5.41, 5.74) is 4.49. The van der Waals surface area contributed by atoms with Gasteiger partial charge in [-0.05, 0) is 73.5 Å². The summed E-state index contributed by atoms with van der Waals surface area (Å²) in [5.74, 6) is -4.57. The third-order valence-electron chi connectivity index (χ3n) is 9.19. The number of alkyl halides is 3. The van der Waals surface area contributed by atoms with Crippen LogP contribution in [0.1, 0.15) is 64.1 Å². The Kier molecular flexibility index (Phi) is 10.2. The van der Waals surface area contributed by atoms with Crippen molar-refractivity contribution in [2.45, 2.75) is 56.9 Å². The van der Waals surface area contributed by atoms with Crippen LogP contribution in [0.4, 0.5) is 22.7 Å². The number of nitrogens with one attached hydrogen (secondary N) is 1. The number of carbonyl (C=O) groups is 4. The van der Waals surface area contributed by atoms with Crippen LogP contribution < -0.4 is 5.32 Å². The summed E-state index contributed by atoms with van der Waals surface area (Å²) in [6.45, 7) is 2.30. The zero-order chi connectivity index (χ0) is 36.4.